The average Bonchev–Trinajstić information content (AvgIpc) is 2.53. The summed E-state index contributed by atoms with van der Waals surface area (Å²) < 4.78 is 11.0. The third-order valence-corrected chi connectivity index (χ3v) is 3.27. The first-order valence-corrected chi connectivity index (χ1v) is 6.81. The number of aliphatic hydroxyl groups is 2. The molecule has 0 aliphatic rings. The molecule has 0 radical (unpaired) electrons. The average molecular weight is 288 g/mol. The topological polar surface area (TPSA) is 58.9 Å². The van der Waals surface area contributed by atoms with E-state index in [9.17, 15) is 5.11 Å². The molecule has 0 aromatic heterocycles. The Morgan fingerprint density at radius 3 is 2.24 bits per heavy atom. The number of aliphatic hydroxyl groups excluding tert-OH is 2. The number of hydrogen-bond donors (Lipinski definition) is 2. The van der Waals surface area contributed by atoms with Crippen molar-refractivity contribution < 1.29 is 19.7 Å². The molecule has 0 heterocycles. The van der Waals surface area contributed by atoms with E-state index in [-0.39, 0.29) is 6.61 Å². The standard InChI is InChI=1S/C17H20O4/c1-12(19)15-7-8-16(17(9-15)20-2)21-11-14-5-3-13(10-18)4-6-14/h3-9,12,18-19H,10-11H2,1-2H3. The van der Waals surface area contributed by atoms with E-state index in [2.05, 4.69) is 0 Å². The zero-order chi connectivity index (χ0) is 15.2. The molecule has 112 valence electrons. The quantitative estimate of drug-likeness (QED) is 0.858. The third-order valence-electron chi connectivity index (χ3n) is 3.27. The van der Waals surface area contributed by atoms with E-state index in [4.69, 9.17) is 14.6 Å². The van der Waals surface area contributed by atoms with E-state index in [1.807, 2.05) is 30.3 Å². The first-order chi connectivity index (χ1) is 10.1. The lowest BCUT2D eigenvalue weighted by atomic mass is 10.1. The highest BCUT2D eigenvalue weighted by Gasteiger charge is 2.09. The molecule has 2 aromatic rings. The van der Waals surface area contributed by atoms with Crippen molar-refractivity contribution in [1.82, 2.24) is 0 Å². The van der Waals surface area contributed by atoms with Crippen molar-refractivity contribution in [3.63, 3.8) is 0 Å². The molecule has 0 bridgehead atoms. The molecule has 0 aliphatic carbocycles. The van der Waals surface area contributed by atoms with Gasteiger partial charge in [0, 0.05) is 0 Å². The molecular formula is C17H20O4. The van der Waals surface area contributed by atoms with Crippen LogP contribution in [0.25, 0.3) is 0 Å². The van der Waals surface area contributed by atoms with Gasteiger partial charge in [-0.3, -0.25) is 0 Å². The van der Waals surface area contributed by atoms with Crippen LogP contribution in [-0.4, -0.2) is 17.3 Å². The summed E-state index contributed by atoms with van der Waals surface area (Å²) in [6, 6.07) is 13.0. The van der Waals surface area contributed by atoms with Crippen molar-refractivity contribution in [2.75, 3.05) is 7.11 Å². The highest BCUT2D eigenvalue weighted by molar-refractivity contribution is 5.43. The van der Waals surface area contributed by atoms with Crippen molar-refractivity contribution in [1.29, 1.82) is 0 Å². The van der Waals surface area contributed by atoms with Crippen LogP contribution >= 0.6 is 0 Å². The number of hydrogen-bond acceptors (Lipinski definition) is 4. The van der Waals surface area contributed by atoms with Crippen LogP contribution in [0.5, 0.6) is 11.5 Å². The van der Waals surface area contributed by atoms with E-state index >= 15 is 0 Å². The van der Waals surface area contributed by atoms with Gasteiger partial charge in [0.2, 0.25) is 0 Å². The highest BCUT2D eigenvalue weighted by Crippen LogP contribution is 2.30. The second-order valence-electron chi connectivity index (χ2n) is 4.85. The molecule has 2 aromatic carbocycles. The SMILES string of the molecule is COc1cc(C(C)O)ccc1OCc1ccc(CO)cc1. The van der Waals surface area contributed by atoms with E-state index in [1.165, 1.54) is 0 Å². The van der Waals surface area contributed by atoms with E-state index < -0.39 is 6.10 Å². The largest absolute Gasteiger partial charge is 0.493 e. The molecule has 0 amide bonds. The molecule has 4 nitrogen and oxygen atoms in total. The van der Waals surface area contributed by atoms with Gasteiger partial charge >= 0.3 is 0 Å². The van der Waals surface area contributed by atoms with E-state index in [1.54, 1.807) is 26.2 Å². The molecule has 0 saturated heterocycles. The highest BCUT2D eigenvalue weighted by atomic mass is 16.5. The first-order valence-electron chi connectivity index (χ1n) is 6.81. The van der Waals surface area contributed by atoms with Gasteiger partial charge in [-0.15, -0.1) is 0 Å². The molecule has 0 saturated carbocycles. The van der Waals surface area contributed by atoms with Gasteiger partial charge in [0.1, 0.15) is 6.61 Å². The van der Waals surface area contributed by atoms with Gasteiger partial charge in [-0.2, -0.15) is 0 Å². The molecule has 0 aliphatic heterocycles. The van der Waals surface area contributed by atoms with Gasteiger partial charge in [-0.25, -0.2) is 0 Å². The van der Waals surface area contributed by atoms with Crippen molar-refractivity contribution in [3.05, 3.63) is 59.2 Å². The van der Waals surface area contributed by atoms with Crippen molar-refractivity contribution in [2.24, 2.45) is 0 Å². The monoisotopic (exact) mass is 288 g/mol. The molecule has 4 heteroatoms. The van der Waals surface area contributed by atoms with Gasteiger partial charge in [0.25, 0.3) is 0 Å². The van der Waals surface area contributed by atoms with Crippen molar-refractivity contribution >= 4 is 0 Å². The van der Waals surface area contributed by atoms with Gasteiger partial charge in [0.05, 0.1) is 19.8 Å². The van der Waals surface area contributed by atoms with E-state index in [0.29, 0.717) is 18.1 Å². The summed E-state index contributed by atoms with van der Waals surface area (Å²) in [7, 11) is 1.57. The first kappa shape index (κ1) is 15.4. The predicted molar refractivity (Wildman–Crippen MR) is 80.3 cm³/mol. The second kappa shape index (κ2) is 7.11. The van der Waals surface area contributed by atoms with Crippen LogP contribution in [-0.2, 0) is 13.2 Å². The maximum Gasteiger partial charge on any atom is 0.161 e. The Hall–Kier alpha value is -2.04. The normalized spacial score (nSPS) is 12.0. The van der Waals surface area contributed by atoms with Crippen LogP contribution in [0, 0.1) is 0 Å². The Morgan fingerprint density at radius 2 is 1.67 bits per heavy atom. The summed E-state index contributed by atoms with van der Waals surface area (Å²) in [5, 5.41) is 18.6. The smallest absolute Gasteiger partial charge is 0.161 e. The van der Waals surface area contributed by atoms with Crippen LogP contribution in [0.3, 0.4) is 0 Å². The minimum atomic E-state index is -0.543. The number of rotatable bonds is 6. The van der Waals surface area contributed by atoms with Crippen LogP contribution in [0.1, 0.15) is 29.7 Å². The fourth-order valence-corrected chi connectivity index (χ4v) is 1.97. The van der Waals surface area contributed by atoms with Gasteiger partial charge in [0.15, 0.2) is 11.5 Å². The zero-order valence-corrected chi connectivity index (χ0v) is 12.2. The Kier molecular flexibility index (Phi) is 5.20. The molecule has 0 spiro atoms. The van der Waals surface area contributed by atoms with Gasteiger partial charge in [-0.05, 0) is 35.7 Å². The molecular weight excluding hydrogens is 268 g/mol. The lowest BCUT2D eigenvalue weighted by Crippen LogP contribution is -1.99. The van der Waals surface area contributed by atoms with Gasteiger partial charge < -0.3 is 19.7 Å². The molecule has 1 unspecified atom stereocenters. The summed E-state index contributed by atoms with van der Waals surface area (Å²) in [4.78, 5) is 0. The fourth-order valence-electron chi connectivity index (χ4n) is 1.97. The Labute approximate surface area is 124 Å². The Balaban J connectivity index is 2.08. The molecule has 2 N–H and O–H groups in total. The second-order valence-corrected chi connectivity index (χ2v) is 4.85. The number of ether oxygens (including phenoxy) is 2. The minimum absolute atomic E-state index is 0.0375. The Morgan fingerprint density at radius 1 is 1.00 bits per heavy atom. The van der Waals surface area contributed by atoms with Crippen LogP contribution < -0.4 is 9.47 Å². The van der Waals surface area contributed by atoms with Crippen molar-refractivity contribution in [2.45, 2.75) is 26.2 Å². The fraction of sp³-hybridized carbons (Fsp3) is 0.294. The molecule has 21 heavy (non-hydrogen) atoms. The molecule has 2 rings (SSSR count). The lowest BCUT2D eigenvalue weighted by Gasteiger charge is -2.13. The summed E-state index contributed by atoms with van der Waals surface area (Å²) in [6.07, 6.45) is -0.543. The summed E-state index contributed by atoms with van der Waals surface area (Å²) in [5.41, 5.74) is 2.66. The maximum atomic E-state index is 9.58. The van der Waals surface area contributed by atoms with Crippen molar-refractivity contribution in [3.8, 4) is 11.5 Å². The maximum absolute atomic E-state index is 9.58. The summed E-state index contributed by atoms with van der Waals surface area (Å²) in [5.74, 6) is 1.23. The van der Waals surface area contributed by atoms with Crippen LogP contribution in [0.4, 0.5) is 0 Å². The third kappa shape index (κ3) is 3.97. The zero-order valence-electron chi connectivity index (χ0n) is 12.2. The van der Waals surface area contributed by atoms with Crippen LogP contribution in [0.15, 0.2) is 42.5 Å². The lowest BCUT2D eigenvalue weighted by molar-refractivity contribution is 0.198. The van der Waals surface area contributed by atoms with E-state index in [0.717, 1.165) is 16.7 Å². The summed E-state index contributed by atoms with van der Waals surface area (Å²) in [6.45, 7) is 2.16. The number of methoxy groups -OCH3 is 1. The number of benzene rings is 2. The predicted octanol–water partition coefficient (Wildman–Crippen LogP) is 2.82. The van der Waals surface area contributed by atoms with Gasteiger partial charge in [-0.1, -0.05) is 30.3 Å². The Bertz CT molecular complexity index is 576. The van der Waals surface area contributed by atoms with Crippen LogP contribution in [0.2, 0.25) is 0 Å². The minimum Gasteiger partial charge on any atom is -0.493 e. The molecule has 1 atom stereocenters. The summed E-state index contributed by atoms with van der Waals surface area (Å²) >= 11 is 0. The molecule has 0 fully saturated rings.